The molecule has 0 bridgehead atoms. The fraction of sp³-hybridized carbons (Fsp3) is 0.294. The van der Waals surface area contributed by atoms with Crippen LogP contribution in [0.4, 0.5) is 0 Å². The van der Waals surface area contributed by atoms with Crippen molar-refractivity contribution in [2.24, 2.45) is 11.7 Å². The Bertz CT molecular complexity index is 544. The molecule has 0 heterocycles. The smallest absolute Gasteiger partial charge is 0.0208 e. The summed E-state index contributed by atoms with van der Waals surface area (Å²) in [4.78, 5) is 0. The van der Waals surface area contributed by atoms with Crippen molar-refractivity contribution in [3.05, 3.63) is 57.2 Å². The number of hydrogen-bond acceptors (Lipinski definition) is 1. The van der Waals surface area contributed by atoms with Crippen molar-refractivity contribution in [3.8, 4) is 11.1 Å². The molecule has 0 spiro atoms. The standard InChI is InChI=1S/C17H20IN/c1-12(2)9-14-5-8-17(18)16(10-14)15-6-3-13(11-19)4-7-15/h3-8,10,12H,9,11,19H2,1-2H3. The highest BCUT2D eigenvalue weighted by Crippen LogP contribution is 2.27. The van der Waals surface area contributed by atoms with Crippen molar-refractivity contribution >= 4 is 22.6 Å². The molecule has 2 heteroatoms. The SMILES string of the molecule is CC(C)Cc1ccc(I)c(-c2ccc(CN)cc2)c1. The Labute approximate surface area is 129 Å². The largest absolute Gasteiger partial charge is 0.326 e. The van der Waals surface area contributed by atoms with Crippen LogP contribution in [0.15, 0.2) is 42.5 Å². The minimum Gasteiger partial charge on any atom is -0.326 e. The molecule has 0 aromatic heterocycles. The molecule has 0 unspecified atom stereocenters. The monoisotopic (exact) mass is 365 g/mol. The molecule has 0 aliphatic carbocycles. The second kappa shape index (κ2) is 6.53. The van der Waals surface area contributed by atoms with Gasteiger partial charge in [0, 0.05) is 10.1 Å². The molecule has 2 aromatic carbocycles. The zero-order valence-corrected chi connectivity index (χ0v) is 13.6. The summed E-state index contributed by atoms with van der Waals surface area (Å²) in [5, 5.41) is 0. The average molecular weight is 365 g/mol. The number of benzene rings is 2. The molecule has 0 atom stereocenters. The third kappa shape index (κ3) is 3.80. The van der Waals surface area contributed by atoms with E-state index in [0.29, 0.717) is 12.5 Å². The lowest BCUT2D eigenvalue weighted by atomic mass is 9.97. The zero-order chi connectivity index (χ0) is 13.8. The van der Waals surface area contributed by atoms with E-state index in [-0.39, 0.29) is 0 Å². The molecule has 0 amide bonds. The highest BCUT2D eigenvalue weighted by molar-refractivity contribution is 14.1. The van der Waals surface area contributed by atoms with E-state index in [1.807, 2.05) is 0 Å². The van der Waals surface area contributed by atoms with Gasteiger partial charge in [0.2, 0.25) is 0 Å². The summed E-state index contributed by atoms with van der Waals surface area (Å²) < 4.78 is 1.30. The second-order valence-corrected chi connectivity index (χ2v) is 6.48. The Morgan fingerprint density at radius 1 is 1.00 bits per heavy atom. The van der Waals surface area contributed by atoms with E-state index in [4.69, 9.17) is 5.73 Å². The molecule has 1 nitrogen and oxygen atoms in total. The van der Waals surface area contributed by atoms with Crippen LogP contribution in [0, 0.1) is 9.49 Å². The van der Waals surface area contributed by atoms with Crippen LogP contribution in [0.25, 0.3) is 11.1 Å². The molecular weight excluding hydrogens is 345 g/mol. The fourth-order valence-corrected chi connectivity index (χ4v) is 2.86. The van der Waals surface area contributed by atoms with Crippen molar-refractivity contribution in [2.75, 3.05) is 0 Å². The summed E-state index contributed by atoms with van der Waals surface area (Å²) in [5.41, 5.74) is 10.8. The van der Waals surface area contributed by atoms with Gasteiger partial charge in [0.25, 0.3) is 0 Å². The lowest BCUT2D eigenvalue weighted by molar-refractivity contribution is 0.647. The van der Waals surface area contributed by atoms with Crippen LogP contribution in [0.1, 0.15) is 25.0 Å². The number of nitrogens with two attached hydrogens (primary N) is 1. The van der Waals surface area contributed by atoms with Gasteiger partial charge in [-0.3, -0.25) is 0 Å². The van der Waals surface area contributed by atoms with Gasteiger partial charge < -0.3 is 5.73 Å². The molecule has 19 heavy (non-hydrogen) atoms. The maximum atomic E-state index is 5.65. The van der Waals surface area contributed by atoms with Crippen molar-refractivity contribution in [1.29, 1.82) is 0 Å². The van der Waals surface area contributed by atoms with Crippen molar-refractivity contribution in [3.63, 3.8) is 0 Å². The molecule has 2 aromatic rings. The normalized spacial score (nSPS) is 11.0. The van der Waals surface area contributed by atoms with Gasteiger partial charge in [-0.2, -0.15) is 0 Å². The van der Waals surface area contributed by atoms with E-state index in [1.165, 1.54) is 25.8 Å². The van der Waals surface area contributed by atoms with Crippen LogP contribution < -0.4 is 5.73 Å². The summed E-state index contributed by atoms with van der Waals surface area (Å²) >= 11 is 2.41. The first-order chi connectivity index (χ1) is 9.10. The van der Waals surface area contributed by atoms with Crippen molar-refractivity contribution in [2.45, 2.75) is 26.8 Å². The highest BCUT2D eigenvalue weighted by Gasteiger charge is 2.06. The molecule has 0 aliphatic rings. The molecule has 2 rings (SSSR count). The summed E-state index contributed by atoms with van der Waals surface area (Å²) in [5.74, 6) is 0.688. The van der Waals surface area contributed by atoms with Crippen LogP contribution in [-0.2, 0) is 13.0 Å². The Morgan fingerprint density at radius 2 is 1.63 bits per heavy atom. The average Bonchev–Trinajstić information content (AvgIpc) is 2.40. The predicted octanol–water partition coefficient (Wildman–Crippen LogP) is 4.62. The topological polar surface area (TPSA) is 26.0 Å². The minimum atomic E-state index is 0.602. The molecular formula is C17H20IN. The number of hydrogen-bond donors (Lipinski definition) is 1. The molecule has 0 saturated heterocycles. The molecule has 0 fully saturated rings. The van der Waals surface area contributed by atoms with E-state index in [2.05, 4.69) is 78.9 Å². The second-order valence-electron chi connectivity index (χ2n) is 5.31. The summed E-state index contributed by atoms with van der Waals surface area (Å²) in [6, 6.07) is 15.3. The van der Waals surface area contributed by atoms with E-state index in [0.717, 1.165) is 6.42 Å². The van der Waals surface area contributed by atoms with Crippen molar-refractivity contribution < 1.29 is 0 Å². The highest BCUT2D eigenvalue weighted by atomic mass is 127. The van der Waals surface area contributed by atoms with Gasteiger partial charge in [-0.15, -0.1) is 0 Å². The molecule has 0 radical (unpaired) electrons. The van der Waals surface area contributed by atoms with Crippen LogP contribution in [0.2, 0.25) is 0 Å². The van der Waals surface area contributed by atoms with Gasteiger partial charge in [-0.25, -0.2) is 0 Å². The first-order valence-electron chi connectivity index (χ1n) is 6.68. The van der Waals surface area contributed by atoms with Gasteiger partial charge in [-0.1, -0.05) is 50.2 Å². The van der Waals surface area contributed by atoms with Gasteiger partial charge in [0.15, 0.2) is 0 Å². The van der Waals surface area contributed by atoms with E-state index < -0.39 is 0 Å². The van der Waals surface area contributed by atoms with E-state index >= 15 is 0 Å². The zero-order valence-electron chi connectivity index (χ0n) is 11.5. The first-order valence-corrected chi connectivity index (χ1v) is 7.76. The minimum absolute atomic E-state index is 0.602. The fourth-order valence-electron chi connectivity index (χ4n) is 2.21. The Kier molecular flexibility index (Phi) is 4.99. The van der Waals surface area contributed by atoms with Crippen LogP contribution in [0.3, 0.4) is 0 Å². The predicted molar refractivity (Wildman–Crippen MR) is 91.0 cm³/mol. The Hall–Kier alpha value is -0.870. The molecule has 2 N–H and O–H groups in total. The van der Waals surface area contributed by atoms with Gasteiger partial charge in [0.1, 0.15) is 0 Å². The van der Waals surface area contributed by atoms with Gasteiger partial charge in [-0.05, 0) is 63.2 Å². The lowest BCUT2D eigenvalue weighted by Gasteiger charge is -2.10. The summed E-state index contributed by atoms with van der Waals surface area (Å²) in [6.07, 6.45) is 1.13. The summed E-state index contributed by atoms with van der Waals surface area (Å²) in [7, 11) is 0. The lowest BCUT2D eigenvalue weighted by Crippen LogP contribution is -1.97. The van der Waals surface area contributed by atoms with Gasteiger partial charge >= 0.3 is 0 Å². The van der Waals surface area contributed by atoms with E-state index in [9.17, 15) is 0 Å². The van der Waals surface area contributed by atoms with Gasteiger partial charge in [0.05, 0.1) is 0 Å². The number of rotatable bonds is 4. The maximum absolute atomic E-state index is 5.65. The third-order valence-electron chi connectivity index (χ3n) is 3.18. The first kappa shape index (κ1) is 14.5. The van der Waals surface area contributed by atoms with Crippen LogP contribution in [-0.4, -0.2) is 0 Å². The number of halogens is 1. The maximum Gasteiger partial charge on any atom is 0.0208 e. The summed E-state index contributed by atoms with van der Waals surface area (Å²) in [6.45, 7) is 5.12. The Balaban J connectivity index is 2.36. The molecule has 0 aliphatic heterocycles. The third-order valence-corrected chi connectivity index (χ3v) is 4.12. The quantitative estimate of drug-likeness (QED) is 0.787. The van der Waals surface area contributed by atoms with Crippen molar-refractivity contribution in [1.82, 2.24) is 0 Å². The Morgan fingerprint density at radius 3 is 2.21 bits per heavy atom. The van der Waals surface area contributed by atoms with Crippen LogP contribution in [0.5, 0.6) is 0 Å². The van der Waals surface area contributed by atoms with E-state index in [1.54, 1.807) is 0 Å². The molecule has 0 saturated carbocycles. The molecule has 100 valence electrons. The van der Waals surface area contributed by atoms with Crippen LogP contribution >= 0.6 is 22.6 Å².